The number of carbonyl (C=O) groups is 1. The number of esters is 1. The van der Waals surface area contributed by atoms with Crippen molar-refractivity contribution in [2.45, 2.75) is 40.2 Å². The Labute approximate surface area is 132 Å². The highest BCUT2D eigenvalue weighted by molar-refractivity contribution is 7.20. The van der Waals surface area contributed by atoms with Gasteiger partial charge in [-0.15, -0.1) is 11.3 Å². The maximum atomic E-state index is 12.3. The Morgan fingerprint density at radius 2 is 2.18 bits per heavy atom. The fourth-order valence-corrected chi connectivity index (χ4v) is 3.30. The number of hydrogen-bond donors (Lipinski definition) is 2. The second kappa shape index (κ2) is 7.02. The number of rotatable bonds is 6. The summed E-state index contributed by atoms with van der Waals surface area (Å²) in [4.78, 5) is 32.6. The highest BCUT2D eigenvalue weighted by atomic mass is 32.1. The molecule has 0 saturated carbocycles. The van der Waals surface area contributed by atoms with Gasteiger partial charge < -0.3 is 15.0 Å². The highest BCUT2D eigenvalue weighted by Crippen LogP contribution is 2.28. The Morgan fingerprint density at radius 1 is 1.45 bits per heavy atom. The number of thiophene rings is 1. The molecule has 2 heterocycles. The van der Waals surface area contributed by atoms with E-state index in [2.05, 4.69) is 22.2 Å². The second-order valence-corrected chi connectivity index (χ2v) is 6.08. The summed E-state index contributed by atoms with van der Waals surface area (Å²) in [7, 11) is 0. The summed E-state index contributed by atoms with van der Waals surface area (Å²) < 4.78 is 5.03. The molecule has 2 N–H and O–H groups in total. The van der Waals surface area contributed by atoms with E-state index in [1.165, 1.54) is 11.3 Å². The summed E-state index contributed by atoms with van der Waals surface area (Å²) in [5, 5.41) is 3.76. The molecule has 0 aliphatic heterocycles. The number of fused-ring (bicyclic) bond motifs is 1. The molecule has 0 bridgehead atoms. The van der Waals surface area contributed by atoms with Crippen molar-refractivity contribution in [3.05, 3.63) is 26.6 Å². The van der Waals surface area contributed by atoms with Crippen molar-refractivity contribution in [3.8, 4) is 0 Å². The highest BCUT2D eigenvalue weighted by Gasteiger charge is 2.21. The quantitative estimate of drug-likeness (QED) is 0.798. The van der Waals surface area contributed by atoms with Gasteiger partial charge in [-0.1, -0.05) is 6.92 Å². The molecule has 120 valence electrons. The number of nitrogens with one attached hydrogen (secondary N) is 2. The lowest BCUT2D eigenvalue weighted by atomic mass is 10.2. The predicted molar refractivity (Wildman–Crippen MR) is 87.6 cm³/mol. The third-order valence-electron chi connectivity index (χ3n) is 3.39. The van der Waals surface area contributed by atoms with Gasteiger partial charge in [0.2, 0.25) is 0 Å². The Balaban J connectivity index is 2.47. The number of hydrogen-bond acceptors (Lipinski definition) is 6. The molecule has 1 atom stereocenters. The van der Waals surface area contributed by atoms with Crippen molar-refractivity contribution in [3.63, 3.8) is 0 Å². The first kappa shape index (κ1) is 16.6. The van der Waals surface area contributed by atoms with Crippen LogP contribution in [0.3, 0.4) is 0 Å². The smallest absolute Gasteiger partial charge is 0.348 e. The zero-order chi connectivity index (χ0) is 16.3. The zero-order valence-electron chi connectivity index (χ0n) is 13.3. The van der Waals surface area contributed by atoms with Crippen LogP contribution in [0.4, 0.5) is 0 Å². The maximum Gasteiger partial charge on any atom is 0.348 e. The largest absolute Gasteiger partial charge is 0.462 e. The molecule has 0 spiro atoms. The van der Waals surface area contributed by atoms with Gasteiger partial charge in [0, 0.05) is 0 Å². The molecule has 7 heteroatoms. The van der Waals surface area contributed by atoms with E-state index in [9.17, 15) is 9.59 Å². The van der Waals surface area contributed by atoms with E-state index in [-0.39, 0.29) is 11.6 Å². The normalized spacial score (nSPS) is 12.5. The Kier molecular flexibility index (Phi) is 5.31. The van der Waals surface area contributed by atoms with E-state index in [4.69, 9.17) is 4.74 Å². The van der Waals surface area contributed by atoms with Gasteiger partial charge >= 0.3 is 5.97 Å². The summed E-state index contributed by atoms with van der Waals surface area (Å²) >= 11 is 1.21. The monoisotopic (exact) mass is 323 g/mol. The molecular formula is C15H21N3O3S. The average Bonchev–Trinajstić information content (AvgIpc) is 2.82. The Bertz CT molecular complexity index is 735. The molecule has 0 amide bonds. The lowest BCUT2D eigenvalue weighted by molar-refractivity contribution is 0.0531. The lowest BCUT2D eigenvalue weighted by Crippen LogP contribution is -2.24. The Morgan fingerprint density at radius 3 is 2.82 bits per heavy atom. The van der Waals surface area contributed by atoms with Gasteiger partial charge in [0.15, 0.2) is 0 Å². The van der Waals surface area contributed by atoms with Gasteiger partial charge in [-0.05, 0) is 39.3 Å². The molecular weight excluding hydrogens is 302 g/mol. The van der Waals surface area contributed by atoms with E-state index in [1.54, 1.807) is 13.8 Å². The SMILES string of the molecule is CCCN[C@H](C)c1nc2sc(C(=O)OCC)c(C)c2c(=O)[nH]1. The fourth-order valence-electron chi connectivity index (χ4n) is 2.21. The predicted octanol–water partition coefficient (Wildman–Crippen LogP) is 2.53. The number of carbonyl (C=O) groups excluding carboxylic acids is 1. The zero-order valence-corrected chi connectivity index (χ0v) is 14.1. The molecule has 0 saturated heterocycles. The molecule has 0 aliphatic carbocycles. The summed E-state index contributed by atoms with van der Waals surface area (Å²) in [6, 6.07) is -0.0505. The maximum absolute atomic E-state index is 12.3. The minimum atomic E-state index is -0.402. The molecule has 2 rings (SSSR count). The molecule has 6 nitrogen and oxygen atoms in total. The van der Waals surface area contributed by atoms with E-state index in [1.807, 2.05) is 6.92 Å². The topological polar surface area (TPSA) is 84.1 Å². The summed E-state index contributed by atoms with van der Waals surface area (Å²) in [6.07, 6.45) is 1.00. The molecule has 0 aliphatic rings. The number of nitrogens with zero attached hydrogens (tertiary/aromatic N) is 1. The molecule has 0 radical (unpaired) electrons. The third-order valence-corrected chi connectivity index (χ3v) is 4.56. The standard InChI is InChI=1S/C15H21N3O3S/c1-5-7-16-9(4)12-17-13(19)10-8(3)11(15(20)21-6-2)22-14(10)18-12/h9,16H,5-7H2,1-4H3,(H,17,18,19)/t9-/m1/s1. The van der Waals surface area contributed by atoms with Crippen LogP contribution in [-0.4, -0.2) is 29.1 Å². The summed E-state index contributed by atoms with van der Waals surface area (Å²) in [5.74, 6) is 0.184. The summed E-state index contributed by atoms with van der Waals surface area (Å²) in [6.45, 7) is 8.69. The van der Waals surface area contributed by atoms with Crippen LogP contribution < -0.4 is 10.9 Å². The van der Waals surface area contributed by atoms with Gasteiger partial charge in [-0.25, -0.2) is 9.78 Å². The lowest BCUT2D eigenvalue weighted by Gasteiger charge is -2.11. The number of aromatic nitrogens is 2. The van der Waals surface area contributed by atoms with Crippen LogP contribution in [0.2, 0.25) is 0 Å². The van der Waals surface area contributed by atoms with E-state index in [0.717, 1.165) is 13.0 Å². The van der Waals surface area contributed by atoms with Gasteiger partial charge in [0.05, 0.1) is 18.0 Å². The van der Waals surface area contributed by atoms with Crippen LogP contribution >= 0.6 is 11.3 Å². The van der Waals surface area contributed by atoms with Gasteiger partial charge in [0.25, 0.3) is 5.56 Å². The van der Waals surface area contributed by atoms with Gasteiger partial charge in [-0.2, -0.15) is 0 Å². The fraction of sp³-hybridized carbons (Fsp3) is 0.533. The van der Waals surface area contributed by atoms with E-state index < -0.39 is 5.97 Å². The van der Waals surface area contributed by atoms with Gasteiger partial charge in [-0.3, -0.25) is 4.79 Å². The van der Waals surface area contributed by atoms with Crippen molar-refractivity contribution < 1.29 is 9.53 Å². The molecule has 2 aromatic rings. The van der Waals surface area contributed by atoms with Crippen molar-refractivity contribution in [1.82, 2.24) is 15.3 Å². The minimum Gasteiger partial charge on any atom is -0.462 e. The van der Waals surface area contributed by atoms with Crippen molar-refractivity contribution in [1.29, 1.82) is 0 Å². The van der Waals surface area contributed by atoms with Crippen LogP contribution in [0.5, 0.6) is 0 Å². The molecule has 22 heavy (non-hydrogen) atoms. The van der Waals surface area contributed by atoms with E-state index >= 15 is 0 Å². The average molecular weight is 323 g/mol. The number of aromatic amines is 1. The molecule has 2 aromatic heterocycles. The molecule has 0 fully saturated rings. The second-order valence-electron chi connectivity index (χ2n) is 5.08. The number of H-pyrrole nitrogens is 1. The van der Waals surface area contributed by atoms with E-state index in [0.29, 0.717) is 33.1 Å². The number of ether oxygens (including phenoxy) is 1. The van der Waals surface area contributed by atoms with Crippen molar-refractivity contribution >= 4 is 27.5 Å². The minimum absolute atomic E-state index is 0.0505. The first-order valence-corrected chi connectivity index (χ1v) is 8.25. The first-order valence-electron chi connectivity index (χ1n) is 7.43. The molecule has 0 unspecified atom stereocenters. The third kappa shape index (κ3) is 3.20. The summed E-state index contributed by atoms with van der Waals surface area (Å²) in [5.41, 5.74) is 0.419. The molecule has 0 aromatic carbocycles. The Hall–Kier alpha value is -1.73. The van der Waals surface area contributed by atoms with Crippen LogP contribution in [0, 0.1) is 6.92 Å². The number of aryl methyl sites for hydroxylation is 1. The first-order chi connectivity index (χ1) is 10.5. The van der Waals surface area contributed by atoms with Crippen molar-refractivity contribution in [2.75, 3.05) is 13.2 Å². The van der Waals surface area contributed by atoms with Crippen LogP contribution in [-0.2, 0) is 4.74 Å². The van der Waals surface area contributed by atoms with Crippen LogP contribution in [0.1, 0.15) is 54.3 Å². The van der Waals surface area contributed by atoms with Crippen LogP contribution in [0.25, 0.3) is 10.2 Å². The van der Waals surface area contributed by atoms with Crippen LogP contribution in [0.15, 0.2) is 4.79 Å². The van der Waals surface area contributed by atoms with Crippen molar-refractivity contribution in [2.24, 2.45) is 0 Å². The van der Waals surface area contributed by atoms with Gasteiger partial charge in [0.1, 0.15) is 15.5 Å².